The second-order valence-electron chi connectivity index (χ2n) is 11.9. The number of allylic oxidation sites excluding steroid dienone is 2. The van der Waals surface area contributed by atoms with Gasteiger partial charge in [-0.05, 0) is 50.5 Å². The average molecular weight is 736 g/mol. The van der Waals surface area contributed by atoms with Crippen molar-refractivity contribution in [2.45, 2.75) is 97.1 Å². The summed E-state index contributed by atoms with van der Waals surface area (Å²) in [5, 5.41) is 8.23. The van der Waals surface area contributed by atoms with Gasteiger partial charge >= 0.3 is 0 Å². The molecule has 2 fully saturated rings. The van der Waals surface area contributed by atoms with Crippen LogP contribution in [-0.2, 0) is 20.1 Å². The van der Waals surface area contributed by atoms with Crippen molar-refractivity contribution in [2.75, 3.05) is 0 Å². The van der Waals surface area contributed by atoms with Crippen LogP contribution in [0.2, 0.25) is 0 Å². The number of rotatable bonds is 4. The molecule has 0 bridgehead atoms. The predicted octanol–water partition coefficient (Wildman–Crippen LogP) is 10.7. The molecule has 0 amide bonds. The van der Waals surface area contributed by atoms with Gasteiger partial charge in [-0.2, -0.15) is 5.70 Å². The number of aryl methyl sites for hydroxylation is 1. The van der Waals surface area contributed by atoms with Gasteiger partial charge in [0.05, 0.1) is 17.3 Å². The Balaban J connectivity index is 0.000000166. The van der Waals surface area contributed by atoms with E-state index in [-0.39, 0.29) is 20.1 Å². The molecule has 0 N–H and O–H groups in total. The maximum absolute atomic E-state index is 6.13. The van der Waals surface area contributed by atoms with E-state index in [4.69, 9.17) is 20.0 Å². The number of fused-ring (bicyclic) bond motifs is 3. The number of aliphatic imine (C=N–C) groups is 1. The zero-order valence-corrected chi connectivity index (χ0v) is 27.5. The van der Waals surface area contributed by atoms with Gasteiger partial charge in [0.15, 0.2) is 0 Å². The maximum atomic E-state index is 6.13. The Labute approximate surface area is 264 Å². The molecule has 3 aliphatic rings. The van der Waals surface area contributed by atoms with Gasteiger partial charge in [0.25, 0.3) is 0 Å². The van der Waals surface area contributed by atoms with Crippen LogP contribution in [0.25, 0.3) is 38.2 Å². The summed E-state index contributed by atoms with van der Waals surface area (Å²) < 4.78 is 6.13. The molecular weight excluding hydrogens is 695 g/mol. The van der Waals surface area contributed by atoms with Crippen molar-refractivity contribution in [3.8, 4) is 22.8 Å². The minimum atomic E-state index is 0. The molecule has 2 aliphatic carbocycles. The molecule has 0 spiro atoms. The molecule has 0 saturated heterocycles. The molecule has 1 radical (unpaired) electrons. The molecule has 2 saturated carbocycles. The van der Waals surface area contributed by atoms with E-state index in [1.807, 2.05) is 30.3 Å². The van der Waals surface area contributed by atoms with Crippen LogP contribution in [0.3, 0.4) is 0 Å². The van der Waals surface area contributed by atoms with E-state index in [2.05, 4.69) is 57.2 Å². The first-order chi connectivity index (χ1) is 20.0. The monoisotopic (exact) mass is 736 g/mol. The smallest absolute Gasteiger partial charge is 0.111 e. The van der Waals surface area contributed by atoms with Crippen molar-refractivity contribution < 1.29 is 24.8 Å². The minimum Gasteiger partial charge on any atom is -0.685 e. The quantitative estimate of drug-likeness (QED) is 0.136. The van der Waals surface area contributed by atoms with Crippen molar-refractivity contribution in [3.05, 3.63) is 83.3 Å². The third-order valence-electron chi connectivity index (χ3n) is 8.64. The fraction of sp³-hybridized carbons (Fsp3) is 0.405. The van der Waals surface area contributed by atoms with E-state index >= 15 is 0 Å². The summed E-state index contributed by atoms with van der Waals surface area (Å²) in [6.07, 6.45) is 15.5. The Morgan fingerprint density at radius 1 is 0.929 bits per heavy atom. The van der Waals surface area contributed by atoms with Crippen LogP contribution in [0.1, 0.15) is 83.6 Å². The van der Waals surface area contributed by atoms with Crippen molar-refractivity contribution in [3.63, 3.8) is 0 Å². The summed E-state index contributed by atoms with van der Waals surface area (Å²) in [4.78, 5) is 9.69. The van der Waals surface area contributed by atoms with E-state index in [9.17, 15) is 0 Å². The molecule has 4 nitrogen and oxygen atoms in total. The van der Waals surface area contributed by atoms with Gasteiger partial charge in [-0.15, -0.1) is 29.8 Å². The Kier molecular flexibility index (Phi) is 10.1. The van der Waals surface area contributed by atoms with Gasteiger partial charge in [-0.25, -0.2) is 0 Å². The molecule has 1 aromatic heterocycles. The number of ether oxygens (including phenoxy) is 1. The summed E-state index contributed by atoms with van der Waals surface area (Å²) in [6.45, 7) is 6.36. The molecule has 7 rings (SSSR count). The van der Waals surface area contributed by atoms with E-state index in [0.29, 0.717) is 12.1 Å². The zero-order valence-electron chi connectivity index (χ0n) is 25.1. The summed E-state index contributed by atoms with van der Waals surface area (Å²) >= 11 is 0. The number of pyridine rings is 1. The zero-order chi connectivity index (χ0) is 28.2. The van der Waals surface area contributed by atoms with Crippen molar-refractivity contribution in [1.82, 2.24) is 4.98 Å². The summed E-state index contributed by atoms with van der Waals surface area (Å²) in [6, 6.07) is 22.9. The van der Waals surface area contributed by atoms with Crippen LogP contribution < -0.4 is 4.74 Å². The average Bonchev–Trinajstić information content (AvgIpc) is 2.98. The fourth-order valence-electron chi connectivity index (χ4n) is 6.59. The number of benzene rings is 3. The SMILES string of the molecule is CC(/C=C(/C)[N-]C1CCCCC1)=NC1CCCCC1.Cc1cccc2nc3c(cc12)Oc1cccc2cc[c-]c-3c12.[Ir]. The van der Waals surface area contributed by atoms with Crippen LogP contribution >= 0.6 is 0 Å². The van der Waals surface area contributed by atoms with Gasteiger partial charge in [0.1, 0.15) is 5.75 Å². The molecule has 42 heavy (non-hydrogen) atoms. The first-order valence-electron chi connectivity index (χ1n) is 15.5. The number of hydrogen-bond donors (Lipinski definition) is 0. The Bertz CT molecular complexity index is 1590. The molecule has 0 unspecified atom stereocenters. The minimum absolute atomic E-state index is 0. The van der Waals surface area contributed by atoms with E-state index < -0.39 is 0 Å². The van der Waals surface area contributed by atoms with Crippen molar-refractivity contribution in [2.24, 2.45) is 4.99 Å². The predicted molar refractivity (Wildman–Crippen MR) is 172 cm³/mol. The number of hydrogen-bond acceptors (Lipinski definition) is 3. The second kappa shape index (κ2) is 14.0. The largest absolute Gasteiger partial charge is 0.685 e. The molecule has 2 heterocycles. The van der Waals surface area contributed by atoms with Crippen LogP contribution in [0, 0.1) is 13.0 Å². The van der Waals surface area contributed by atoms with E-state index in [1.54, 1.807) is 0 Å². The molecule has 221 valence electrons. The Morgan fingerprint density at radius 2 is 1.67 bits per heavy atom. The van der Waals surface area contributed by atoms with Crippen LogP contribution in [-0.4, -0.2) is 22.8 Å². The van der Waals surface area contributed by atoms with Gasteiger partial charge in [-0.3, -0.25) is 9.98 Å². The Hall–Kier alpha value is -3.01. The van der Waals surface area contributed by atoms with Gasteiger partial charge in [0.2, 0.25) is 0 Å². The first kappa shape index (κ1) is 30.4. The number of nitrogens with zero attached hydrogens (tertiary/aromatic N) is 3. The van der Waals surface area contributed by atoms with E-state index in [0.717, 1.165) is 44.4 Å². The normalized spacial score (nSPS) is 17.5. The van der Waals surface area contributed by atoms with Crippen LogP contribution in [0.5, 0.6) is 11.5 Å². The number of aromatic nitrogens is 1. The fourth-order valence-corrected chi connectivity index (χ4v) is 6.59. The van der Waals surface area contributed by atoms with E-state index in [1.165, 1.54) is 81.2 Å². The molecule has 5 heteroatoms. The first-order valence-corrected chi connectivity index (χ1v) is 15.5. The summed E-state index contributed by atoms with van der Waals surface area (Å²) in [5.41, 5.74) is 6.44. The topological polar surface area (TPSA) is 48.6 Å². The van der Waals surface area contributed by atoms with Crippen molar-refractivity contribution in [1.29, 1.82) is 0 Å². The standard InChI is InChI=1S/C20H12NO.C17H29N2.Ir/c1-12-5-2-9-16-15(12)11-18-20(21-16)14-8-3-6-13-7-4-10-17(22-18)19(13)14;1-14(18-16-9-5-3-6-10-16)13-15(2)19-17-11-7-4-8-12-17;/h2-7,9-11H,1H3;13,16-17H,3-12H2,1-2H3;/q2*-1;/b;14-13-,19-15?;. The molecule has 4 aromatic rings. The van der Waals surface area contributed by atoms with Crippen LogP contribution in [0.4, 0.5) is 0 Å². The van der Waals surface area contributed by atoms with Gasteiger partial charge in [-0.1, -0.05) is 99.4 Å². The third kappa shape index (κ3) is 6.96. The van der Waals surface area contributed by atoms with Crippen molar-refractivity contribution >= 4 is 27.4 Å². The molecule has 3 aromatic carbocycles. The summed E-state index contributed by atoms with van der Waals surface area (Å²) in [5.74, 6) is 1.69. The Morgan fingerprint density at radius 3 is 2.45 bits per heavy atom. The second-order valence-corrected chi connectivity index (χ2v) is 11.9. The van der Waals surface area contributed by atoms with Crippen LogP contribution in [0.15, 0.2) is 71.4 Å². The van der Waals surface area contributed by atoms with Gasteiger partial charge < -0.3 is 10.1 Å². The third-order valence-corrected chi connectivity index (χ3v) is 8.64. The molecular formula is C37H41IrN3O-2. The summed E-state index contributed by atoms with van der Waals surface area (Å²) in [7, 11) is 0. The molecule has 1 aliphatic heterocycles. The van der Waals surface area contributed by atoms with Gasteiger partial charge in [0, 0.05) is 36.9 Å². The maximum Gasteiger partial charge on any atom is 0.111 e. The molecule has 0 atom stereocenters.